The number of hydrogen-bond acceptors (Lipinski definition) is 9. The number of para-hydroxylation sites is 3. The highest BCUT2D eigenvalue weighted by Crippen LogP contribution is 2.39. The third-order valence-corrected chi connectivity index (χ3v) is 9.99. The summed E-state index contributed by atoms with van der Waals surface area (Å²) >= 11 is 13.1. The van der Waals surface area contributed by atoms with Crippen molar-refractivity contribution in [1.82, 2.24) is 34.9 Å². The minimum absolute atomic E-state index is 0.163. The van der Waals surface area contributed by atoms with Crippen molar-refractivity contribution in [1.29, 1.82) is 0 Å². The van der Waals surface area contributed by atoms with E-state index in [1.165, 1.54) is 12.1 Å². The van der Waals surface area contributed by atoms with Gasteiger partial charge in [-0.15, -0.1) is 0 Å². The second kappa shape index (κ2) is 13.1. The SMILES string of the molecule is Cc1cc(-c2cc3c(=O)cc[nH]c3nc2-c2cc3cccc(Cc4cc(-c5cc6c(=O)cc[nH]c6nc5-c5nc6ccccc6o5)cc(Cl)n4)c3o2)cc(Cl)n1. The Kier molecular flexibility index (Phi) is 7.87. The fourth-order valence-electron chi connectivity index (χ4n) is 7.11. The molecule has 0 aliphatic carbocycles. The number of rotatable bonds is 6. The van der Waals surface area contributed by atoms with Gasteiger partial charge in [-0.1, -0.05) is 53.5 Å². The van der Waals surface area contributed by atoms with Crippen molar-refractivity contribution in [3.05, 3.63) is 157 Å². The number of nitrogens with zero attached hydrogens (tertiary/aromatic N) is 5. The van der Waals surface area contributed by atoms with Gasteiger partial charge in [0.2, 0.25) is 5.89 Å². The number of H-pyrrole nitrogens is 2. The van der Waals surface area contributed by atoms with Gasteiger partial charge in [0.1, 0.15) is 44.1 Å². The summed E-state index contributed by atoms with van der Waals surface area (Å²) in [5, 5.41) is 2.25. The molecule has 0 aliphatic rings. The lowest BCUT2D eigenvalue weighted by Gasteiger charge is -2.11. The van der Waals surface area contributed by atoms with Crippen molar-refractivity contribution >= 4 is 67.3 Å². The first kappa shape index (κ1) is 33.6. The van der Waals surface area contributed by atoms with E-state index in [4.69, 9.17) is 47.0 Å². The maximum absolute atomic E-state index is 13.0. The summed E-state index contributed by atoms with van der Waals surface area (Å²) in [6.45, 7) is 1.85. The molecule has 0 saturated heterocycles. The smallest absolute Gasteiger partial charge is 0.246 e. The number of fused-ring (bicyclic) bond motifs is 4. The Balaban J connectivity index is 1.10. The Morgan fingerprint density at radius 3 is 2.05 bits per heavy atom. The molecule has 13 heteroatoms. The molecular weight excluding hydrogens is 749 g/mol. The van der Waals surface area contributed by atoms with E-state index in [1.54, 1.807) is 36.7 Å². The minimum Gasteiger partial charge on any atom is -0.454 e. The molecule has 0 spiro atoms. The van der Waals surface area contributed by atoms with Crippen LogP contribution in [0.5, 0.6) is 0 Å². The monoisotopic (exact) mass is 773 g/mol. The number of pyridine rings is 6. The number of oxazole rings is 1. The molecule has 0 radical (unpaired) electrons. The number of aromatic nitrogens is 7. The molecule has 0 unspecified atom stereocenters. The van der Waals surface area contributed by atoms with Gasteiger partial charge in [-0.3, -0.25) is 9.59 Å². The van der Waals surface area contributed by atoms with Gasteiger partial charge in [-0.25, -0.2) is 24.9 Å². The average Bonchev–Trinajstić information content (AvgIpc) is 3.83. The van der Waals surface area contributed by atoms with Crippen LogP contribution >= 0.6 is 23.2 Å². The summed E-state index contributed by atoms with van der Waals surface area (Å²) < 4.78 is 12.8. The van der Waals surface area contributed by atoms with Gasteiger partial charge < -0.3 is 18.8 Å². The van der Waals surface area contributed by atoms with Gasteiger partial charge in [0.25, 0.3) is 0 Å². The maximum Gasteiger partial charge on any atom is 0.246 e. The van der Waals surface area contributed by atoms with Crippen LogP contribution in [0.4, 0.5) is 0 Å². The van der Waals surface area contributed by atoms with Crippen LogP contribution < -0.4 is 10.9 Å². The van der Waals surface area contributed by atoms with Gasteiger partial charge in [0.15, 0.2) is 22.2 Å². The first-order valence-corrected chi connectivity index (χ1v) is 18.2. The molecule has 2 N–H and O–H groups in total. The van der Waals surface area contributed by atoms with E-state index in [-0.39, 0.29) is 16.0 Å². The zero-order valence-electron chi connectivity index (χ0n) is 29.2. The molecule has 0 fully saturated rings. The second-order valence-corrected chi connectivity index (χ2v) is 14.1. The fraction of sp³-hybridized carbons (Fsp3) is 0.0465. The molecule has 0 amide bonds. The van der Waals surface area contributed by atoms with Gasteiger partial charge >= 0.3 is 0 Å². The van der Waals surface area contributed by atoms with Gasteiger partial charge in [-0.2, -0.15) is 0 Å². The summed E-state index contributed by atoms with van der Waals surface area (Å²) in [6.07, 6.45) is 3.48. The minimum atomic E-state index is -0.185. The van der Waals surface area contributed by atoms with Gasteiger partial charge in [0.05, 0.1) is 10.8 Å². The summed E-state index contributed by atoms with van der Waals surface area (Å²) in [4.78, 5) is 55.5. The van der Waals surface area contributed by atoms with E-state index >= 15 is 0 Å². The van der Waals surface area contributed by atoms with E-state index in [9.17, 15) is 9.59 Å². The molecule has 0 bridgehead atoms. The molecule has 0 aliphatic heterocycles. The fourth-order valence-corrected chi connectivity index (χ4v) is 7.59. The normalized spacial score (nSPS) is 11.7. The van der Waals surface area contributed by atoms with Gasteiger partial charge in [-0.05, 0) is 72.6 Å². The van der Waals surface area contributed by atoms with Crippen LogP contribution in [-0.4, -0.2) is 34.9 Å². The zero-order chi connectivity index (χ0) is 38.1. The number of halogens is 2. The summed E-state index contributed by atoms with van der Waals surface area (Å²) in [6, 6.07) is 29.0. The lowest BCUT2D eigenvalue weighted by molar-refractivity contribution is 0.617. The highest BCUT2D eigenvalue weighted by atomic mass is 35.5. The zero-order valence-corrected chi connectivity index (χ0v) is 30.7. The third kappa shape index (κ3) is 5.90. The van der Waals surface area contributed by atoms with Crippen molar-refractivity contribution in [2.24, 2.45) is 0 Å². The molecular formula is C43H25Cl2N7O4. The van der Waals surface area contributed by atoms with E-state index in [2.05, 4.69) is 19.9 Å². The lowest BCUT2D eigenvalue weighted by atomic mass is 10.00. The van der Waals surface area contributed by atoms with Crippen LogP contribution in [-0.2, 0) is 6.42 Å². The Morgan fingerprint density at radius 2 is 1.32 bits per heavy atom. The Morgan fingerprint density at radius 1 is 0.643 bits per heavy atom. The molecule has 8 heterocycles. The summed E-state index contributed by atoms with van der Waals surface area (Å²) in [5.74, 6) is 0.792. The molecule has 2 aromatic carbocycles. The molecule has 0 saturated carbocycles. The van der Waals surface area contributed by atoms with E-state index in [0.29, 0.717) is 101 Å². The summed E-state index contributed by atoms with van der Waals surface area (Å²) in [5.41, 5.74) is 8.25. The predicted octanol–water partition coefficient (Wildman–Crippen LogP) is 9.71. The number of aryl methyl sites for hydroxylation is 1. The van der Waals surface area contributed by atoms with Crippen molar-refractivity contribution in [3.8, 4) is 45.3 Å². The number of hydrogen-bond donors (Lipinski definition) is 2. The summed E-state index contributed by atoms with van der Waals surface area (Å²) in [7, 11) is 0. The van der Waals surface area contributed by atoms with Crippen LogP contribution in [0.3, 0.4) is 0 Å². The van der Waals surface area contributed by atoms with Crippen LogP contribution in [0.1, 0.15) is 17.0 Å². The Bertz CT molecular complexity index is 3300. The quantitative estimate of drug-likeness (QED) is 0.157. The first-order valence-electron chi connectivity index (χ1n) is 17.5. The highest BCUT2D eigenvalue weighted by Gasteiger charge is 2.22. The standard InChI is InChI=1S/C43H25Cl2N7O4/c1-21-13-24(17-36(44)48-21)27-19-29-32(53)9-11-46-41(29)51-38(27)35-16-23-6-4-5-22(40(23)55-35)14-26-15-25(18-37(45)49-26)28-20-30-33(54)10-12-47-42(30)52-39(28)43-50-31-7-2-3-8-34(31)56-43/h2-13,15-20H,14H2,1H3,(H,46,51,53)(H,47,52,54). The molecule has 11 nitrogen and oxygen atoms in total. The van der Waals surface area contributed by atoms with Crippen LogP contribution in [0.25, 0.3) is 89.4 Å². The first-order chi connectivity index (χ1) is 27.2. The molecule has 56 heavy (non-hydrogen) atoms. The predicted molar refractivity (Wildman–Crippen MR) is 217 cm³/mol. The number of nitrogens with one attached hydrogen (secondary N) is 2. The Labute approximate surface area is 325 Å². The van der Waals surface area contributed by atoms with Crippen LogP contribution in [0, 0.1) is 6.92 Å². The molecule has 0 atom stereocenters. The lowest BCUT2D eigenvalue weighted by Crippen LogP contribution is -2.04. The van der Waals surface area contributed by atoms with Crippen LogP contribution in [0.15, 0.2) is 128 Å². The van der Waals surface area contributed by atoms with Crippen molar-refractivity contribution < 1.29 is 8.83 Å². The molecule has 10 rings (SSSR count). The van der Waals surface area contributed by atoms with Crippen molar-refractivity contribution in [3.63, 3.8) is 0 Å². The Hall–Kier alpha value is -6.95. The molecule has 270 valence electrons. The number of aromatic amines is 2. The second-order valence-electron chi connectivity index (χ2n) is 13.3. The average molecular weight is 775 g/mol. The van der Waals surface area contributed by atoms with E-state index in [1.807, 2.05) is 67.6 Å². The highest BCUT2D eigenvalue weighted by molar-refractivity contribution is 6.30. The number of furan rings is 1. The van der Waals surface area contributed by atoms with E-state index < -0.39 is 0 Å². The van der Waals surface area contributed by atoms with E-state index in [0.717, 1.165) is 16.5 Å². The molecule has 10 aromatic rings. The third-order valence-electron chi connectivity index (χ3n) is 9.60. The topological polar surface area (TPSA) is 156 Å². The maximum atomic E-state index is 13.0. The van der Waals surface area contributed by atoms with Crippen molar-refractivity contribution in [2.75, 3.05) is 0 Å². The van der Waals surface area contributed by atoms with Gasteiger partial charge in [0, 0.05) is 64.4 Å². The van der Waals surface area contributed by atoms with Crippen molar-refractivity contribution in [2.45, 2.75) is 13.3 Å². The number of benzene rings is 2. The molecule has 8 aromatic heterocycles. The largest absolute Gasteiger partial charge is 0.454 e. The van der Waals surface area contributed by atoms with Crippen LogP contribution in [0.2, 0.25) is 10.3 Å².